The zero-order valence-electron chi connectivity index (χ0n) is 10.8. The summed E-state index contributed by atoms with van der Waals surface area (Å²) < 4.78 is 0. The number of rotatable bonds is 4. The lowest BCUT2D eigenvalue weighted by molar-refractivity contribution is 0.153. The van der Waals surface area contributed by atoms with Gasteiger partial charge in [-0.1, -0.05) is 49.0 Å². The van der Waals surface area contributed by atoms with Crippen LogP contribution < -0.4 is 5.32 Å². The summed E-state index contributed by atoms with van der Waals surface area (Å²) in [5.74, 6) is 0.452. The van der Waals surface area contributed by atoms with E-state index in [1.807, 2.05) is 30.3 Å². The zero-order chi connectivity index (χ0) is 13.4. The first-order valence-electron chi connectivity index (χ1n) is 5.80. The molecule has 1 N–H and O–H groups in total. The van der Waals surface area contributed by atoms with Crippen LogP contribution in [0.2, 0.25) is 0 Å². The molecule has 1 rings (SSSR count). The van der Waals surface area contributed by atoms with Crippen LogP contribution >= 0.6 is 11.8 Å². The molecule has 0 bridgehead atoms. The van der Waals surface area contributed by atoms with E-state index in [9.17, 15) is 4.79 Å². The molecule has 0 radical (unpaired) electrons. The van der Waals surface area contributed by atoms with E-state index in [1.165, 1.54) is 18.8 Å². The van der Waals surface area contributed by atoms with Crippen molar-refractivity contribution in [2.75, 3.05) is 7.05 Å². The second-order valence-electron chi connectivity index (χ2n) is 4.13. The molecule has 0 aliphatic carbocycles. The maximum Gasteiger partial charge on any atom is 0.433 e. The van der Waals surface area contributed by atoms with Gasteiger partial charge >= 0.3 is 6.09 Å². The fourth-order valence-corrected chi connectivity index (χ4v) is 2.27. The highest BCUT2D eigenvalue weighted by molar-refractivity contribution is 8.14. The smallest absolute Gasteiger partial charge is 0.323 e. The summed E-state index contributed by atoms with van der Waals surface area (Å²) in [5.41, 5.74) is 0. The van der Waals surface area contributed by atoms with Gasteiger partial charge in [-0.25, -0.2) is 4.79 Å². The van der Waals surface area contributed by atoms with Crippen LogP contribution in [0.15, 0.2) is 40.4 Å². The largest absolute Gasteiger partial charge is 0.433 e. The minimum Gasteiger partial charge on any atom is -0.323 e. The van der Waals surface area contributed by atoms with E-state index in [0.717, 1.165) is 16.4 Å². The third-order valence-corrected chi connectivity index (χ3v) is 2.98. The van der Waals surface area contributed by atoms with Crippen molar-refractivity contribution in [3.8, 4) is 0 Å². The van der Waals surface area contributed by atoms with Gasteiger partial charge in [-0.15, -0.1) is 0 Å². The first kappa shape index (κ1) is 14.6. The van der Waals surface area contributed by atoms with Crippen LogP contribution in [0.5, 0.6) is 0 Å². The molecule has 1 amide bonds. The molecule has 98 valence electrons. The number of nitrogens with zero attached hydrogens (tertiary/aromatic N) is 1. The molecular formula is C13H18N2O2S. The summed E-state index contributed by atoms with van der Waals surface area (Å²) in [5, 5.41) is 7.05. The van der Waals surface area contributed by atoms with Gasteiger partial charge in [-0.2, -0.15) is 0 Å². The van der Waals surface area contributed by atoms with Crippen LogP contribution in [0.25, 0.3) is 0 Å². The molecule has 0 saturated heterocycles. The summed E-state index contributed by atoms with van der Waals surface area (Å²) >= 11 is 1.51. The Morgan fingerprint density at radius 3 is 2.61 bits per heavy atom. The molecule has 4 nitrogen and oxygen atoms in total. The third-order valence-electron chi connectivity index (χ3n) is 2.00. The van der Waals surface area contributed by atoms with Gasteiger partial charge in [0, 0.05) is 18.4 Å². The van der Waals surface area contributed by atoms with Crippen molar-refractivity contribution in [3.63, 3.8) is 0 Å². The molecule has 18 heavy (non-hydrogen) atoms. The Bertz CT molecular complexity index is 405. The maximum atomic E-state index is 11.0. The van der Waals surface area contributed by atoms with Crippen LogP contribution in [-0.2, 0) is 4.84 Å². The molecule has 0 spiro atoms. The maximum absolute atomic E-state index is 11.0. The molecule has 5 heteroatoms. The number of benzene rings is 1. The molecule has 0 fully saturated rings. The van der Waals surface area contributed by atoms with Crippen LogP contribution in [0.1, 0.15) is 20.3 Å². The Balaban J connectivity index is 2.69. The standard InChI is InChI=1S/C13H18N2O2S/c1-10(2)9-12(15-17-13(16)14-3)18-11-7-5-4-6-8-11/h4-8,10H,9H2,1-3H3,(H,14,16). The normalized spacial score (nSPS) is 11.4. The number of oxime groups is 1. The van der Waals surface area contributed by atoms with E-state index < -0.39 is 6.09 Å². The highest BCUT2D eigenvalue weighted by Crippen LogP contribution is 2.23. The van der Waals surface area contributed by atoms with Crippen LogP contribution in [0.4, 0.5) is 4.79 Å². The van der Waals surface area contributed by atoms with Crippen LogP contribution in [0.3, 0.4) is 0 Å². The number of carbonyl (C=O) groups is 1. The van der Waals surface area contributed by atoms with Crippen molar-refractivity contribution in [3.05, 3.63) is 30.3 Å². The van der Waals surface area contributed by atoms with Gasteiger partial charge in [0.25, 0.3) is 0 Å². The van der Waals surface area contributed by atoms with E-state index >= 15 is 0 Å². The van der Waals surface area contributed by atoms with E-state index in [0.29, 0.717) is 5.92 Å². The van der Waals surface area contributed by atoms with Gasteiger partial charge in [-0.3, -0.25) is 4.84 Å². The quantitative estimate of drug-likeness (QED) is 0.298. The van der Waals surface area contributed by atoms with Gasteiger partial charge in [0.05, 0.1) is 0 Å². The average molecular weight is 266 g/mol. The van der Waals surface area contributed by atoms with Gasteiger partial charge in [0.15, 0.2) is 0 Å². The number of hydrogen-bond acceptors (Lipinski definition) is 4. The Labute approximate surface area is 112 Å². The zero-order valence-corrected chi connectivity index (χ0v) is 11.7. The Morgan fingerprint density at radius 2 is 2.06 bits per heavy atom. The van der Waals surface area contributed by atoms with Crippen molar-refractivity contribution in [1.29, 1.82) is 0 Å². The molecule has 0 aromatic heterocycles. The monoisotopic (exact) mass is 266 g/mol. The minimum absolute atomic E-state index is 0.452. The van der Waals surface area contributed by atoms with E-state index in [4.69, 9.17) is 4.84 Å². The number of hydrogen-bond donors (Lipinski definition) is 1. The highest BCUT2D eigenvalue weighted by Gasteiger charge is 2.08. The second kappa shape index (κ2) is 7.76. The molecule has 1 aromatic carbocycles. The average Bonchev–Trinajstić information content (AvgIpc) is 2.36. The van der Waals surface area contributed by atoms with Crippen LogP contribution in [0, 0.1) is 5.92 Å². The first-order valence-corrected chi connectivity index (χ1v) is 6.62. The molecule has 0 aliphatic heterocycles. The van der Waals surface area contributed by atoms with E-state index in [1.54, 1.807) is 0 Å². The third kappa shape index (κ3) is 5.72. The molecule has 0 saturated carbocycles. The van der Waals surface area contributed by atoms with E-state index in [2.05, 4.69) is 24.3 Å². The highest BCUT2D eigenvalue weighted by atomic mass is 32.2. The first-order chi connectivity index (χ1) is 8.61. The Morgan fingerprint density at radius 1 is 1.39 bits per heavy atom. The number of thioether (sulfide) groups is 1. The lowest BCUT2D eigenvalue weighted by Gasteiger charge is -2.08. The second-order valence-corrected chi connectivity index (χ2v) is 5.27. The number of nitrogens with one attached hydrogen (secondary N) is 1. The summed E-state index contributed by atoms with van der Waals surface area (Å²) in [7, 11) is 1.50. The summed E-state index contributed by atoms with van der Waals surface area (Å²) in [4.78, 5) is 16.8. The van der Waals surface area contributed by atoms with Gasteiger partial charge in [-0.05, 0) is 18.1 Å². The summed E-state index contributed by atoms with van der Waals surface area (Å²) in [6.07, 6.45) is 0.223. The van der Waals surface area contributed by atoms with Crippen LogP contribution in [-0.4, -0.2) is 18.2 Å². The summed E-state index contributed by atoms with van der Waals surface area (Å²) in [6, 6.07) is 9.90. The number of carbonyl (C=O) groups excluding carboxylic acids is 1. The Kier molecular flexibility index (Phi) is 6.28. The molecule has 0 unspecified atom stereocenters. The van der Waals surface area contributed by atoms with Crippen molar-refractivity contribution < 1.29 is 9.63 Å². The Hall–Kier alpha value is -1.49. The molecular weight excluding hydrogens is 248 g/mol. The SMILES string of the molecule is CNC(=O)ON=C(CC(C)C)Sc1ccccc1. The van der Waals surface area contributed by atoms with Gasteiger partial charge in [0.1, 0.15) is 5.04 Å². The molecule has 0 atom stereocenters. The lowest BCUT2D eigenvalue weighted by atomic mass is 10.1. The topological polar surface area (TPSA) is 50.7 Å². The minimum atomic E-state index is -0.551. The fourth-order valence-electron chi connectivity index (χ4n) is 1.21. The van der Waals surface area contributed by atoms with E-state index in [-0.39, 0.29) is 0 Å². The van der Waals surface area contributed by atoms with Gasteiger partial charge < -0.3 is 5.32 Å². The number of amides is 1. The molecule has 0 aliphatic rings. The molecule has 0 heterocycles. The van der Waals surface area contributed by atoms with Crippen molar-refractivity contribution in [2.24, 2.45) is 11.1 Å². The molecule has 1 aromatic rings. The summed E-state index contributed by atoms with van der Waals surface area (Å²) in [6.45, 7) is 4.20. The van der Waals surface area contributed by atoms with Crippen molar-refractivity contribution >= 4 is 22.9 Å². The van der Waals surface area contributed by atoms with Crippen molar-refractivity contribution in [1.82, 2.24) is 5.32 Å². The lowest BCUT2D eigenvalue weighted by Crippen LogP contribution is -2.17. The predicted octanol–water partition coefficient (Wildman–Crippen LogP) is 3.49. The predicted molar refractivity (Wildman–Crippen MR) is 74.7 cm³/mol. The fraction of sp³-hybridized carbons (Fsp3) is 0.385. The van der Waals surface area contributed by atoms with Crippen molar-refractivity contribution in [2.45, 2.75) is 25.2 Å². The van der Waals surface area contributed by atoms with Gasteiger partial charge in [0.2, 0.25) is 0 Å².